The fraction of sp³-hybridized carbons (Fsp3) is 0.250. The lowest BCUT2D eigenvalue weighted by atomic mass is 10.1. The Labute approximate surface area is 204 Å². The zero-order valence-electron chi connectivity index (χ0n) is 18.6. The van der Waals surface area contributed by atoms with Gasteiger partial charge in [-0.15, -0.1) is 10.2 Å². The van der Waals surface area contributed by atoms with Crippen molar-refractivity contribution in [1.82, 2.24) is 15.1 Å². The van der Waals surface area contributed by atoms with E-state index in [-0.39, 0.29) is 24.3 Å². The van der Waals surface area contributed by atoms with Gasteiger partial charge in [0.1, 0.15) is 0 Å². The van der Waals surface area contributed by atoms with Gasteiger partial charge in [-0.05, 0) is 48.9 Å². The van der Waals surface area contributed by atoms with Crippen molar-refractivity contribution < 1.29 is 22.8 Å². The molecule has 2 heterocycles. The van der Waals surface area contributed by atoms with E-state index in [2.05, 4.69) is 15.5 Å². The average molecular weight is 504 g/mol. The molecular formula is C24H21ClF3N5O2. The highest BCUT2D eigenvalue weighted by molar-refractivity contribution is 6.33. The van der Waals surface area contributed by atoms with Gasteiger partial charge in [-0.2, -0.15) is 13.2 Å². The Kier molecular flexibility index (Phi) is 6.93. The molecule has 1 aliphatic heterocycles. The first-order valence-corrected chi connectivity index (χ1v) is 11.1. The average Bonchev–Trinajstić information content (AvgIpc) is 2.85. The predicted molar refractivity (Wildman–Crippen MR) is 126 cm³/mol. The summed E-state index contributed by atoms with van der Waals surface area (Å²) in [4.78, 5) is 28.5. The van der Waals surface area contributed by atoms with Gasteiger partial charge in [-0.3, -0.25) is 9.59 Å². The second kappa shape index (κ2) is 9.91. The maximum Gasteiger partial charge on any atom is 0.417 e. The summed E-state index contributed by atoms with van der Waals surface area (Å²) in [5.41, 5.74) is 0.196. The summed E-state index contributed by atoms with van der Waals surface area (Å²) in [6.07, 6.45) is -4.61. The van der Waals surface area contributed by atoms with Crippen molar-refractivity contribution in [3.05, 3.63) is 82.0 Å². The lowest BCUT2D eigenvalue weighted by Crippen LogP contribution is -2.49. The Hall–Kier alpha value is -3.66. The van der Waals surface area contributed by atoms with Crippen LogP contribution in [0.3, 0.4) is 0 Å². The topological polar surface area (TPSA) is 78.4 Å². The summed E-state index contributed by atoms with van der Waals surface area (Å²) in [5.74, 6) is -0.626. The number of rotatable bonds is 4. The molecule has 2 amide bonds. The van der Waals surface area contributed by atoms with Gasteiger partial charge in [0.15, 0.2) is 11.5 Å². The zero-order chi connectivity index (χ0) is 25.2. The molecule has 0 radical (unpaired) electrons. The number of aryl methyl sites for hydroxylation is 1. The van der Waals surface area contributed by atoms with Crippen LogP contribution < -0.4 is 10.2 Å². The summed E-state index contributed by atoms with van der Waals surface area (Å²) < 4.78 is 39.8. The molecule has 0 atom stereocenters. The number of hydrogen-bond acceptors (Lipinski definition) is 5. The predicted octanol–water partition coefficient (Wildman–Crippen LogP) is 4.67. The van der Waals surface area contributed by atoms with Crippen LogP contribution in [0.4, 0.5) is 24.7 Å². The number of piperazine rings is 1. The lowest BCUT2D eigenvalue weighted by molar-refractivity contribution is -0.138. The molecule has 1 fully saturated rings. The van der Waals surface area contributed by atoms with E-state index in [4.69, 9.17) is 11.6 Å². The minimum atomic E-state index is -4.61. The maximum absolute atomic E-state index is 13.3. The van der Waals surface area contributed by atoms with E-state index < -0.39 is 23.6 Å². The van der Waals surface area contributed by atoms with Gasteiger partial charge in [0.2, 0.25) is 0 Å². The van der Waals surface area contributed by atoms with E-state index in [1.807, 2.05) is 17.9 Å². The fourth-order valence-corrected chi connectivity index (χ4v) is 3.93. The van der Waals surface area contributed by atoms with Crippen LogP contribution in [0.5, 0.6) is 0 Å². The quantitative estimate of drug-likeness (QED) is 0.559. The van der Waals surface area contributed by atoms with E-state index in [1.165, 1.54) is 29.2 Å². The SMILES string of the molecule is Cc1ccc(Cl)c(NC(=O)c2ccc(N3CCN(C(=O)c4ccccc4C(F)(F)F)CC3)nn2)c1. The number of carbonyl (C=O) groups is 2. The van der Waals surface area contributed by atoms with E-state index in [1.54, 1.807) is 18.2 Å². The minimum absolute atomic E-state index is 0.101. The third kappa shape index (κ3) is 5.54. The Morgan fingerprint density at radius 2 is 1.69 bits per heavy atom. The van der Waals surface area contributed by atoms with E-state index in [0.29, 0.717) is 29.6 Å². The van der Waals surface area contributed by atoms with E-state index >= 15 is 0 Å². The highest BCUT2D eigenvalue weighted by Crippen LogP contribution is 2.32. The van der Waals surface area contributed by atoms with Crippen molar-refractivity contribution in [3.63, 3.8) is 0 Å². The summed E-state index contributed by atoms with van der Waals surface area (Å²) in [6, 6.07) is 13.2. The molecule has 1 saturated heterocycles. The molecule has 1 N–H and O–H groups in total. The molecule has 4 rings (SSSR count). The van der Waals surface area contributed by atoms with Crippen LogP contribution in [0.15, 0.2) is 54.6 Å². The third-order valence-electron chi connectivity index (χ3n) is 5.61. The number of amides is 2. The van der Waals surface area contributed by atoms with Crippen molar-refractivity contribution in [3.8, 4) is 0 Å². The minimum Gasteiger partial charge on any atom is -0.352 e. The molecule has 182 valence electrons. The number of aromatic nitrogens is 2. The van der Waals surface area contributed by atoms with Gasteiger partial charge in [0.05, 0.1) is 21.8 Å². The van der Waals surface area contributed by atoms with Crippen molar-refractivity contribution in [2.45, 2.75) is 13.1 Å². The summed E-state index contributed by atoms with van der Waals surface area (Å²) in [7, 11) is 0. The third-order valence-corrected chi connectivity index (χ3v) is 5.94. The number of hydrogen-bond donors (Lipinski definition) is 1. The summed E-state index contributed by atoms with van der Waals surface area (Å²) in [5, 5.41) is 11.2. The number of nitrogens with zero attached hydrogens (tertiary/aromatic N) is 4. The molecule has 11 heteroatoms. The second-order valence-electron chi connectivity index (χ2n) is 8.04. The Balaban J connectivity index is 1.38. The molecule has 0 spiro atoms. The van der Waals surface area contributed by atoms with E-state index in [9.17, 15) is 22.8 Å². The number of benzene rings is 2. The van der Waals surface area contributed by atoms with Crippen LogP contribution in [0, 0.1) is 6.92 Å². The highest BCUT2D eigenvalue weighted by Gasteiger charge is 2.36. The molecule has 1 aromatic heterocycles. The molecule has 3 aromatic rings. The van der Waals surface area contributed by atoms with Gasteiger partial charge >= 0.3 is 6.18 Å². The van der Waals surface area contributed by atoms with Crippen molar-refractivity contribution >= 4 is 34.9 Å². The van der Waals surface area contributed by atoms with Gasteiger partial charge in [-0.25, -0.2) is 0 Å². The van der Waals surface area contributed by atoms with Gasteiger partial charge in [-0.1, -0.05) is 29.8 Å². The molecule has 0 saturated carbocycles. The number of alkyl halides is 3. The van der Waals surface area contributed by atoms with Crippen LogP contribution in [-0.4, -0.2) is 53.1 Å². The lowest BCUT2D eigenvalue weighted by Gasteiger charge is -2.35. The van der Waals surface area contributed by atoms with Crippen LogP contribution in [-0.2, 0) is 6.18 Å². The number of anilines is 2. The standard InChI is InChI=1S/C24H21ClF3N5O2/c1-15-6-7-18(25)20(14-15)29-22(34)19-8-9-21(31-30-19)32-10-12-33(13-11-32)23(35)16-4-2-3-5-17(16)24(26,27)28/h2-9,14H,10-13H2,1H3,(H,29,34). The summed E-state index contributed by atoms with van der Waals surface area (Å²) in [6.45, 7) is 3.04. The molecule has 0 unspecified atom stereocenters. The first-order valence-electron chi connectivity index (χ1n) is 10.7. The fourth-order valence-electron chi connectivity index (χ4n) is 3.76. The Morgan fingerprint density at radius 3 is 2.34 bits per heavy atom. The van der Waals surface area contributed by atoms with Crippen LogP contribution in [0.25, 0.3) is 0 Å². The van der Waals surface area contributed by atoms with Crippen LogP contribution in [0.1, 0.15) is 32.0 Å². The smallest absolute Gasteiger partial charge is 0.352 e. The van der Waals surface area contributed by atoms with Gasteiger partial charge < -0.3 is 15.1 Å². The van der Waals surface area contributed by atoms with Crippen LogP contribution in [0.2, 0.25) is 5.02 Å². The van der Waals surface area contributed by atoms with Crippen molar-refractivity contribution in [1.29, 1.82) is 0 Å². The number of nitrogens with one attached hydrogen (secondary N) is 1. The highest BCUT2D eigenvalue weighted by atomic mass is 35.5. The normalized spacial score (nSPS) is 14.1. The van der Waals surface area contributed by atoms with Crippen molar-refractivity contribution in [2.24, 2.45) is 0 Å². The van der Waals surface area contributed by atoms with Crippen LogP contribution >= 0.6 is 11.6 Å². The largest absolute Gasteiger partial charge is 0.417 e. The molecule has 0 aliphatic carbocycles. The first-order chi connectivity index (χ1) is 16.6. The first kappa shape index (κ1) is 24.5. The molecule has 0 bridgehead atoms. The van der Waals surface area contributed by atoms with Gasteiger partial charge in [0, 0.05) is 26.2 Å². The van der Waals surface area contributed by atoms with E-state index in [0.717, 1.165) is 11.6 Å². The number of halogens is 4. The molecule has 2 aromatic carbocycles. The number of carbonyl (C=O) groups excluding carboxylic acids is 2. The monoisotopic (exact) mass is 503 g/mol. The Bertz CT molecular complexity index is 1240. The van der Waals surface area contributed by atoms with Gasteiger partial charge in [0.25, 0.3) is 11.8 Å². The zero-order valence-corrected chi connectivity index (χ0v) is 19.4. The molecule has 35 heavy (non-hydrogen) atoms. The second-order valence-corrected chi connectivity index (χ2v) is 8.44. The Morgan fingerprint density at radius 1 is 0.971 bits per heavy atom. The molecule has 1 aliphatic rings. The molecule has 7 nitrogen and oxygen atoms in total. The van der Waals surface area contributed by atoms with Crippen molar-refractivity contribution in [2.75, 3.05) is 36.4 Å². The summed E-state index contributed by atoms with van der Waals surface area (Å²) >= 11 is 6.12. The maximum atomic E-state index is 13.3. The molecular weight excluding hydrogens is 483 g/mol.